The van der Waals surface area contributed by atoms with Crippen LogP contribution in [0, 0.1) is 0 Å². The first-order chi connectivity index (χ1) is 10.2. The van der Waals surface area contributed by atoms with Crippen LogP contribution in [0.4, 0.5) is 5.82 Å². The molecule has 2 atom stereocenters. The molecule has 21 heavy (non-hydrogen) atoms. The molecule has 2 unspecified atom stereocenters. The van der Waals surface area contributed by atoms with Crippen molar-refractivity contribution in [1.29, 1.82) is 0 Å². The summed E-state index contributed by atoms with van der Waals surface area (Å²) in [5.41, 5.74) is 8.38. The topological polar surface area (TPSA) is 46.6 Å². The van der Waals surface area contributed by atoms with Gasteiger partial charge >= 0.3 is 0 Å². The molecule has 2 N–H and O–H groups in total. The van der Waals surface area contributed by atoms with Gasteiger partial charge in [-0.1, -0.05) is 13.0 Å². The highest BCUT2D eigenvalue weighted by molar-refractivity contribution is 5.57. The van der Waals surface area contributed by atoms with Crippen LogP contribution in [0.5, 0.6) is 0 Å². The third kappa shape index (κ3) is 2.77. The molecule has 0 amide bonds. The summed E-state index contributed by atoms with van der Waals surface area (Å²) in [6.07, 6.45) is 8.04. The second-order valence-electron chi connectivity index (χ2n) is 6.24. The number of fused-ring (bicyclic) bond motifs is 1. The average Bonchev–Trinajstić information content (AvgIpc) is 2.85. The normalized spacial score (nSPS) is 20.9. The van der Waals surface area contributed by atoms with Crippen molar-refractivity contribution in [3.05, 3.63) is 30.1 Å². The summed E-state index contributed by atoms with van der Waals surface area (Å²) in [4.78, 5) is 7.44. The highest BCUT2D eigenvalue weighted by atomic mass is 15.3. The van der Waals surface area contributed by atoms with Crippen molar-refractivity contribution in [3.8, 4) is 0 Å². The number of anilines is 1. The van der Waals surface area contributed by atoms with Crippen molar-refractivity contribution >= 4 is 11.5 Å². The van der Waals surface area contributed by atoms with E-state index in [4.69, 9.17) is 10.7 Å². The van der Waals surface area contributed by atoms with Gasteiger partial charge in [0.05, 0.1) is 5.69 Å². The van der Waals surface area contributed by atoms with E-state index in [2.05, 4.69) is 47.5 Å². The molecular formula is C17H26N4. The number of imidazole rings is 1. The fourth-order valence-electron chi connectivity index (χ4n) is 3.46. The Hall–Kier alpha value is -1.55. The van der Waals surface area contributed by atoms with E-state index >= 15 is 0 Å². The van der Waals surface area contributed by atoms with Crippen molar-refractivity contribution in [2.24, 2.45) is 5.73 Å². The minimum absolute atomic E-state index is 0.147. The molecule has 4 heteroatoms. The van der Waals surface area contributed by atoms with E-state index < -0.39 is 0 Å². The molecule has 3 rings (SSSR count). The van der Waals surface area contributed by atoms with E-state index in [1.807, 2.05) is 0 Å². The van der Waals surface area contributed by atoms with Crippen LogP contribution >= 0.6 is 0 Å². The lowest BCUT2D eigenvalue weighted by Gasteiger charge is -2.36. The highest BCUT2D eigenvalue weighted by Gasteiger charge is 2.26. The van der Waals surface area contributed by atoms with Crippen LogP contribution in [-0.4, -0.2) is 28.0 Å². The Kier molecular flexibility index (Phi) is 4.15. The minimum atomic E-state index is 0.147. The Balaban J connectivity index is 2.07. The number of nitrogens with zero attached hydrogens (tertiary/aromatic N) is 3. The molecule has 1 fully saturated rings. The van der Waals surface area contributed by atoms with Crippen molar-refractivity contribution < 1.29 is 0 Å². The first-order valence-electron chi connectivity index (χ1n) is 8.19. The largest absolute Gasteiger partial charge is 0.352 e. The minimum Gasteiger partial charge on any atom is -0.352 e. The third-order valence-corrected chi connectivity index (χ3v) is 4.49. The van der Waals surface area contributed by atoms with Crippen LogP contribution in [0.2, 0.25) is 0 Å². The lowest BCUT2D eigenvalue weighted by Crippen LogP contribution is -2.40. The van der Waals surface area contributed by atoms with Gasteiger partial charge in [-0.2, -0.15) is 0 Å². The van der Waals surface area contributed by atoms with Crippen LogP contribution in [0.25, 0.3) is 5.65 Å². The molecule has 0 radical (unpaired) electrons. The van der Waals surface area contributed by atoms with Gasteiger partial charge in [-0.3, -0.25) is 0 Å². The fourth-order valence-corrected chi connectivity index (χ4v) is 3.46. The Morgan fingerprint density at radius 3 is 3.00 bits per heavy atom. The van der Waals surface area contributed by atoms with Crippen molar-refractivity contribution in [1.82, 2.24) is 9.38 Å². The number of piperidine rings is 1. The van der Waals surface area contributed by atoms with Crippen molar-refractivity contribution in [2.75, 3.05) is 11.4 Å². The molecule has 2 aromatic heterocycles. The maximum absolute atomic E-state index is 6.08. The van der Waals surface area contributed by atoms with Gasteiger partial charge < -0.3 is 15.0 Å². The van der Waals surface area contributed by atoms with Gasteiger partial charge in [0.25, 0.3) is 0 Å². The van der Waals surface area contributed by atoms with Crippen LogP contribution in [0.1, 0.15) is 45.2 Å². The first-order valence-corrected chi connectivity index (χ1v) is 8.19. The number of aromatic nitrogens is 2. The molecular weight excluding hydrogens is 260 g/mol. The highest BCUT2D eigenvalue weighted by Crippen LogP contribution is 2.30. The van der Waals surface area contributed by atoms with E-state index in [0.29, 0.717) is 6.04 Å². The fraction of sp³-hybridized carbons (Fsp3) is 0.588. The van der Waals surface area contributed by atoms with Gasteiger partial charge in [0.2, 0.25) is 0 Å². The molecule has 2 aromatic rings. The molecule has 0 bridgehead atoms. The molecule has 0 saturated carbocycles. The second kappa shape index (κ2) is 6.06. The third-order valence-electron chi connectivity index (χ3n) is 4.49. The van der Waals surface area contributed by atoms with Crippen LogP contribution in [0.3, 0.4) is 0 Å². The lowest BCUT2D eigenvalue weighted by molar-refractivity contribution is 0.446. The van der Waals surface area contributed by atoms with E-state index in [0.717, 1.165) is 24.4 Å². The summed E-state index contributed by atoms with van der Waals surface area (Å²) in [5, 5.41) is 0. The summed E-state index contributed by atoms with van der Waals surface area (Å²) >= 11 is 0. The van der Waals surface area contributed by atoms with E-state index in [-0.39, 0.29) is 6.04 Å². The van der Waals surface area contributed by atoms with Crippen LogP contribution < -0.4 is 10.6 Å². The summed E-state index contributed by atoms with van der Waals surface area (Å²) in [5.74, 6) is 1.16. The van der Waals surface area contributed by atoms with Crippen molar-refractivity contribution in [3.63, 3.8) is 0 Å². The Labute approximate surface area is 127 Å². The zero-order chi connectivity index (χ0) is 14.8. The van der Waals surface area contributed by atoms with Gasteiger partial charge in [0, 0.05) is 31.2 Å². The van der Waals surface area contributed by atoms with Gasteiger partial charge in [0.15, 0.2) is 5.82 Å². The predicted molar refractivity (Wildman–Crippen MR) is 87.8 cm³/mol. The van der Waals surface area contributed by atoms with Gasteiger partial charge in [-0.05, 0) is 44.7 Å². The quantitative estimate of drug-likeness (QED) is 0.940. The summed E-state index contributed by atoms with van der Waals surface area (Å²) < 4.78 is 2.21. The molecule has 0 aliphatic carbocycles. The molecule has 1 aliphatic heterocycles. The molecule has 114 valence electrons. The van der Waals surface area contributed by atoms with E-state index in [1.54, 1.807) is 0 Å². The average molecular weight is 286 g/mol. The van der Waals surface area contributed by atoms with E-state index in [1.165, 1.54) is 31.4 Å². The Morgan fingerprint density at radius 2 is 2.24 bits per heavy atom. The van der Waals surface area contributed by atoms with Crippen LogP contribution in [-0.2, 0) is 6.42 Å². The zero-order valence-electron chi connectivity index (χ0n) is 13.1. The number of nitrogens with two attached hydrogens (primary N) is 1. The molecule has 4 nitrogen and oxygen atoms in total. The number of pyridine rings is 1. The van der Waals surface area contributed by atoms with Gasteiger partial charge in [-0.15, -0.1) is 0 Å². The maximum atomic E-state index is 6.08. The second-order valence-corrected chi connectivity index (χ2v) is 6.24. The lowest BCUT2D eigenvalue weighted by atomic mass is 9.99. The maximum Gasteiger partial charge on any atom is 0.151 e. The number of hydrogen-bond acceptors (Lipinski definition) is 3. The molecule has 3 heterocycles. The Bertz CT molecular complexity index is 602. The smallest absolute Gasteiger partial charge is 0.151 e. The Morgan fingerprint density at radius 1 is 1.38 bits per heavy atom. The van der Waals surface area contributed by atoms with E-state index in [9.17, 15) is 0 Å². The van der Waals surface area contributed by atoms with Crippen LogP contribution in [0.15, 0.2) is 24.4 Å². The zero-order valence-corrected chi connectivity index (χ0v) is 13.1. The predicted octanol–water partition coefficient (Wildman–Crippen LogP) is 2.99. The standard InChI is InChI=1S/C17H26N4/c1-3-14-8-4-6-10-20(14)17-15(12-13(2)18)21-11-7-5-9-16(21)19-17/h5,7,9,11,13-14H,3-4,6,8,10,12,18H2,1-2H3. The molecule has 0 aromatic carbocycles. The van der Waals surface area contributed by atoms with Gasteiger partial charge in [-0.25, -0.2) is 4.98 Å². The summed E-state index contributed by atoms with van der Waals surface area (Å²) in [6.45, 7) is 5.47. The van der Waals surface area contributed by atoms with Gasteiger partial charge in [0.1, 0.15) is 5.65 Å². The monoisotopic (exact) mass is 286 g/mol. The summed E-state index contributed by atoms with van der Waals surface area (Å²) in [6, 6.07) is 6.97. The van der Waals surface area contributed by atoms with Crippen molar-refractivity contribution in [2.45, 2.75) is 58.0 Å². The number of hydrogen-bond donors (Lipinski definition) is 1. The number of rotatable bonds is 4. The first kappa shape index (κ1) is 14.4. The molecule has 1 saturated heterocycles. The SMILES string of the molecule is CCC1CCCCN1c1nc2ccccn2c1CC(C)N. The molecule has 1 aliphatic rings. The summed E-state index contributed by atoms with van der Waals surface area (Å²) in [7, 11) is 0. The molecule has 0 spiro atoms.